The van der Waals surface area contributed by atoms with Gasteiger partial charge in [-0.05, 0) is 54.1 Å². The van der Waals surface area contributed by atoms with Crippen LogP contribution in [0.5, 0.6) is 0 Å². The maximum atomic E-state index is 12.2. The van der Waals surface area contributed by atoms with Gasteiger partial charge in [-0.15, -0.1) is 0 Å². The molecule has 0 fully saturated rings. The van der Waals surface area contributed by atoms with Crippen molar-refractivity contribution in [2.45, 2.75) is 6.54 Å². The van der Waals surface area contributed by atoms with Crippen LogP contribution in [0.4, 0.5) is 11.4 Å². The Morgan fingerprint density at radius 2 is 1.86 bits per heavy atom. The maximum absolute atomic E-state index is 12.2. The van der Waals surface area contributed by atoms with E-state index in [0.717, 1.165) is 0 Å². The van der Waals surface area contributed by atoms with E-state index in [4.69, 9.17) is 4.42 Å². The van der Waals surface area contributed by atoms with Gasteiger partial charge in [0.15, 0.2) is 0 Å². The monoisotopic (exact) mass is 391 g/mol. The molecule has 146 valence electrons. The summed E-state index contributed by atoms with van der Waals surface area (Å²) in [6, 6.07) is 15.9. The van der Waals surface area contributed by atoms with E-state index in [0.29, 0.717) is 22.6 Å². The van der Waals surface area contributed by atoms with Gasteiger partial charge in [0.2, 0.25) is 5.91 Å². The third kappa shape index (κ3) is 5.64. The molecule has 1 aromatic heterocycles. The van der Waals surface area contributed by atoms with Crippen LogP contribution in [0.25, 0.3) is 6.08 Å². The third-order valence-corrected chi connectivity index (χ3v) is 3.93. The molecule has 8 nitrogen and oxygen atoms in total. The maximum Gasteiger partial charge on any atom is 0.269 e. The summed E-state index contributed by atoms with van der Waals surface area (Å²) >= 11 is 0. The number of furan rings is 1. The molecule has 0 atom stereocenters. The van der Waals surface area contributed by atoms with E-state index in [1.165, 1.54) is 24.5 Å². The molecule has 0 aliphatic rings. The Morgan fingerprint density at radius 3 is 2.55 bits per heavy atom. The summed E-state index contributed by atoms with van der Waals surface area (Å²) < 4.78 is 5.17. The second kappa shape index (κ2) is 9.14. The number of carbonyl (C=O) groups is 2. The Hall–Kier alpha value is -4.20. The summed E-state index contributed by atoms with van der Waals surface area (Å²) in [4.78, 5) is 34.5. The predicted molar refractivity (Wildman–Crippen MR) is 107 cm³/mol. The quantitative estimate of drug-likeness (QED) is 0.361. The highest BCUT2D eigenvalue weighted by Crippen LogP contribution is 2.14. The highest BCUT2D eigenvalue weighted by Gasteiger charge is 2.08. The van der Waals surface area contributed by atoms with Gasteiger partial charge in [-0.3, -0.25) is 19.7 Å². The average Bonchev–Trinajstić information content (AvgIpc) is 3.24. The summed E-state index contributed by atoms with van der Waals surface area (Å²) in [7, 11) is 0. The summed E-state index contributed by atoms with van der Waals surface area (Å²) in [6.45, 7) is 0.264. The Morgan fingerprint density at radius 1 is 1.07 bits per heavy atom. The Bertz CT molecular complexity index is 1040. The average molecular weight is 391 g/mol. The Kier molecular flexibility index (Phi) is 6.16. The van der Waals surface area contributed by atoms with E-state index >= 15 is 0 Å². The zero-order chi connectivity index (χ0) is 20.6. The van der Waals surface area contributed by atoms with Gasteiger partial charge in [0.25, 0.3) is 11.6 Å². The smallest absolute Gasteiger partial charge is 0.269 e. The highest BCUT2D eigenvalue weighted by atomic mass is 16.6. The van der Waals surface area contributed by atoms with Crippen molar-refractivity contribution in [3.63, 3.8) is 0 Å². The van der Waals surface area contributed by atoms with Gasteiger partial charge in [-0.25, -0.2) is 0 Å². The Balaban J connectivity index is 1.58. The number of nitro benzene ring substituents is 1. The molecular weight excluding hydrogens is 374 g/mol. The van der Waals surface area contributed by atoms with Crippen LogP contribution in [0.3, 0.4) is 0 Å². The standard InChI is InChI=1S/C21H17N3O5/c25-20(11-8-15-6-9-18(10-7-15)24(27)28)23-17-4-1-3-16(13-17)21(26)22-14-19-5-2-12-29-19/h1-13H,14H2,(H,22,26)(H,23,25)/b11-8+. The van der Waals surface area contributed by atoms with Crippen LogP contribution in [0, 0.1) is 10.1 Å². The minimum atomic E-state index is -0.488. The summed E-state index contributed by atoms with van der Waals surface area (Å²) in [5, 5.41) is 16.1. The van der Waals surface area contributed by atoms with Gasteiger partial charge >= 0.3 is 0 Å². The molecule has 0 saturated carbocycles. The molecule has 3 aromatic rings. The molecule has 0 aliphatic heterocycles. The van der Waals surface area contributed by atoms with E-state index in [-0.39, 0.29) is 18.1 Å². The molecular formula is C21H17N3O5. The summed E-state index contributed by atoms with van der Waals surface area (Å²) in [5.74, 6) is -0.0467. The molecule has 0 unspecified atom stereocenters. The van der Waals surface area contributed by atoms with Gasteiger partial charge in [-0.2, -0.15) is 0 Å². The minimum absolute atomic E-state index is 0.0197. The largest absolute Gasteiger partial charge is 0.467 e. The van der Waals surface area contributed by atoms with Crippen LogP contribution < -0.4 is 10.6 Å². The number of amides is 2. The molecule has 2 N–H and O–H groups in total. The number of anilines is 1. The van der Waals surface area contributed by atoms with Gasteiger partial charge in [0, 0.05) is 29.5 Å². The Labute approximate surface area is 166 Å². The summed E-state index contributed by atoms with van der Waals surface area (Å²) in [5.41, 5.74) is 1.49. The third-order valence-electron chi connectivity index (χ3n) is 3.93. The van der Waals surface area contributed by atoms with E-state index in [1.54, 1.807) is 54.6 Å². The van der Waals surface area contributed by atoms with Crippen LogP contribution in [0.1, 0.15) is 21.7 Å². The van der Waals surface area contributed by atoms with E-state index in [9.17, 15) is 19.7 Å². The first-order valence-electron chi connectivity index (χ1n) is 8.65. The van der Waals surface area contributed by atoms with Crippen LogP contribution in [-0.2, 0) is 11.3 Å². The highest BCUT2D eigenvalue weighted by molar-refractivity contribution is 6.03. The zero-order valence-electron chi connectivity index (χ0n) is 15.2. The van der Waals surface area contributed by atoms with Crippen LogP contribution in [0.15, 0.2) is 77.4 Å². The van der Waals surface area contributed by atoms with Crippen molar-refractivity contribution in [3.05, 3.63) is 100 Å². The topological polar surface area (TPSA) is 114 Å². The minimum Gasteiger partial charge on any atom is -0.467 e. The second-order valence-corrected chi connectivity index (χ2v) is 6.01. The molecule has 2 aromatic carbocycles. The molecule has 29 heavy (non-hydrogen) atoms. The van der Waals surface area contributed by atoms with Crippen molar-refractivity contribution in [2.75, 3.05) is 5.32 Å². The van der Waals surface area contributed by atoms with E-state index in [2.05, 4.69) is 10.6 Å². The number of nitrogens with zero attached hydrogens (tertiary/aromatic N) is 1. The number of non-ortho nitro benzene ring substituents is 1. The molecule has 0 spiro atoms. The predicted octanol–water partition coefficient (Wildman–Crippen LogP) is 3.77. The molecule has 0 radical (unpaired) electrons. The summed E-state index contributed by atoms with van der Waals surface area (Å²) in [6.07, 6.45) is 4.38. The molecule has 3 rings (SSSR count). The fourth-order valence-electron chi connectivity index (χ4n) is 2.48. The number of hydrogen-bond donors (Lipinski definition) is 2. The molecule has 0 aliphatic carbocycles. The van der Waals surface area contributed by atoms with Crippen molar-refractivity contribution in [2.24, 2.45) is 0 Å². The van der Waals surface area contributed by atoms with Crippen LogP contribution >= 0.6 is 0 Å². The lowest BCUT2D eigenvalue weighted by molar-refractivity contribution is -0.384. The fraction of sp³-hybridized carbons (Fsp3) is 0.0476. The van der Waals surface area contributed by atoms with Gasteiger partial charge < -0.3 is 15.1 Å². The first kappa shape index (κ1) is 19.6. The van der Waals surface area contributed by atoms with Crippen LogP contribution in [0.2, 0.25) is 0 Å². The molecule has 2 amide bonds. The van der Waals surface area contributed by atoms with E-state index < -0.39 is 10.8 Å². The number of benzene rings is 2. The number of rotatable bonds is 7. The lowest BCUT2D eigenvalue weighted by Gasteiger charge is -2.06. The van der Waals surface area contributed by atoms with Gasteiger partial charge in [-0.1, -0.05) is 6.07 Å². The first-order valence-corrected chi connectivity index (χ1v) is 8.65. The molecule has 0 saturated heterocycles. The zero-order valence-corrected chi connectivity index (χ0v) is 15.2. The van der Waals surface area contributed by atoms with Crippen molar-refractivity contribution < 1.29 is 18.9 Å². The van der Waals surface area contributed by atoms with Crippen molar-refractivity contribution in [1.82, 2.24) is 5.32 Å². The number of hydrogen-bond acceptors (Lipinski definition) is 5. The van der Waals surface area contributed by atoms with Crippen molar-refractivity contribution in [3.8, 4) is 0 Å². The lowest BCUT2D eigenvalue weighted by atomic mass is 10.1. The number of nitrogens with one attached hydrogen (secondary N) is 2. The molecule has 0 bridgehead atoms. The normalized spacial score (nSPS) is 10.6. The second-order valence-electron chi connectivity index (χ2n) is 6.01. The lowest BCUT2D eigenvalue weighted by Crippen LogP contribution is -2.22. The number of carbonyl (C=O) groups excluding carboxylic acids is 2. The van der Waals surface area contributed by atoms with Crippen molar-refractivity contribution >= 4 is 29.3 Å². The van der Waals surface area contributed by atoms with Gasteiger partial charge in [0.1, 0.15) is 5.76 Å². The fourth-order valence-corrected chi connectivity index (χ4v) is 2.48. The van der Waals surface area contributed by atoms with Crippen molar-refractivity contribution in [1.29, 1.82) is 0 Å². The van der Waals surface area contributed by atoms with E-state index in [1.807, 2.05) is 0 Å². The molecule has 1 heterocycles. The number of nitro groups is 1. The molecule has 8 heteroatoms. The first-order chi connectivity index (χ1) is 14.0. The van der Waals surface area contributed by atoms with Gasteiger partial charge in [0.05, 0.1) is 17.7 Å². The van der Waals surface area contributed by atoms with Crippen LogP contribution in [-0.4, -0.2) is 16.7 Å². The SMILES string of the molecule is O=C(/C=C/c1ccc([N+](=O)[O-])cc1)Nc1cccc(C(=O)NCc2ccco2)c1.